The number of aldehydes is 1. The molecule has 1 heterocycles. The van der Waals surface area contributed by atoms with Crippen LogP contribution in [0.3, 0.4) is 0 Å². The van der Waals surface area contributed by atoms with E-state index in [0.717, 1.165) is 6.29 Å². The van der Waals surface area contributed by atoms with Gasteiger partial charge in [0, 0.05) is 0 Å². The van der Waals surface area contributed by atoms with Crippen LogP contribution in [0.5, 0.6) is 0 Å². The molecule has 6 heteroatoms. The minimum absolute atomic E-state index is 0.0254. The van der Waals surface area contributed by atoms with E-state index in [4.69, 9.17) is 11.5 Å². The summed E-state index contributed by atoms with van der Waals surface area (Å²) in [7, 11) is 0. The van der Waals surface area contributed by atoms with Crippen LogP contribution in [0.25, 0.3) is 0 Å². The first-order valence-electron chi connectivity index (χ1n) is 3.69. The number of carbonyl (C=O) groups is 1. The molecule has 0 bridgehead atoms. The molecule has 1 aromatic heterocycles. The van der Waals surface area contributed by atoms with Gasteiger partial charge in [0.05, 0.1) is 5.41 Å². The average molecular weight is 181 g/mol. The number of carbonyl (C=O) groups excluding carboxylic acids is 1. The average Bonchev–Trinajstić information content (AvgIpc) is 2.02. The Morgan fingerprint density at radius 3 is 2.00 bits per heavy atom. The SMILES string of the molecule is CC(C)(C=O)c1nc(N)nc(N)n1. The lowest BCUT2D eigenvalue weighted by molar-refractivity contribution is -0.111. The van der Waals surface area contributed by atoms with Gasteiger partial charge in [0.15, 0.2) is 0 Å². The Morgan fingerprint density at radius 1 is 1.15 bits per heavy atom. The molecule has 0 aliphatic carbocycles. The highest BCUT2D eigenvalue weighted by molar-refractivity contribution is 5.65. The van der Waals surface area contributed by atoms with Gasteiger partial charge in [-0.2, -0.15) is 15.0 Å². The fraction of sp³-hybridized carbons (Fsp3) is 0.429. The lowest BCUT2D eigenvalue weighted by Crippen LogP contribution is -2.24. The first kappa shape index (κ1) is 9.37. The van der Waals surface area contributed by atoms with Crippen LogP contribution in [0, 0.1) is 0 Å². The summed E-state index contributed by atoms with van der Waals surface area (Å²) in [6.45, 7) is 3.35. The minimum Gasteiger partial charge on any atom is -0.368 e. The molecule has 0 aliphatic rings. The Bertz CT molecular complexity index is 315. The second-order valence-corrected chi connectivity index (χ2v) is 3.21. The summed E-state index contributed by atoms with van der Waals surface area (Å²) in [5.74, 6) is 0.336. The van der Waals surface area contributed by atoms with Crippen LogP contribution < -0.4 is 11.5 Å². The summed E-state index contributed by atoms with van der Waals surface area (Å²) in [5.41, 5.74) is 9.92. The number of rotatable bonds is 2. The van der Waals surface area contributed by atoms with Crippen molar-refractivity contribution in [3.8, 4) is 0 Å². The van der Waals surface area contributed by atoms with E-state index in [1.807, 2.05) is 0 Å². The maximum absolute atomic E-state index is 10.7. The van der Waals surface area contributed by atoms with Crippen molar-refractivity contribution in [2.45, 2.75) is 19.3 Å². The van der Waals surface area contributed by atoms with Gasteiger partial charge in [0.2, 0.25) is 11.9 Å². The molecule has 4 N–H and O–H groups in total. The number of hydrogen-bond donors (Lipinski definition) is 2. The summed E-state index contributed by atoms with van der Waals surface area (Å²) >= 11 is 0. The predicted octanol–water partition coefficient (Wildman–Crippen LogP) is -0.488. The van der Waals surface area contributed by atoms with Crippen molar-refractivity contribution in [2.24, 2.45) is 0 Å². The molecule has 0 amide bonds. The van der Waals surface area contributed by atoms with Crippen molar-refractivity contribution >= 4 is 18.2 Å². The van der Waals surface area contributed by atoms with E-state index in [0.29, 0.717) is 0 Å². The van der Waals surface area contributed by atoms with E-state index in [1.165, 1.54) is 0 Å². The molecule has 0 saturated carbocycles. The Labute approximate surface area is 75.4 Å². The maximum atomic E-state index is 10.7. The first-order chi connectivity index (χ1) is 5.95. The zero-order chi connectivity index (χ0) is 10.1. The number of hydrogen-bond acceptors (Lipinski definition) is 6. The van der Waals surface area contributed by atoms with E-state index >= 15 is 0 Å². The van der Waals surface area contributed by atoms with E-state index < -0.39 is 5.41 Å². The van der Waals surface area contributed by atoms with Gasteiger partial charge in [-0.15, -0.1) is 0 Å². The zero-order valence-corrected chi connectivity index (χ0v) is 7.48. The Kier molecular flexibility index (Phi) is 2.14. The van der Waals surface area contributed by atoms with E-state index in [2.05, 4.69) is 15.0 Å². The van der Waals surface area contributed by atoms with Crippen LogP contribution in [0.1, 0.15) is 19.7 Å². The van der Waals surface area contributed by atoms with Crippen molar-refractivity contribution in [3.63, 3.8) is 0 Å². The lowest BCUT2D eigenvalue weighted by atomic mass is 9.95. The Morgan fingerprint density at radius 2 is 1.62 bits per heavy atom. The highest BCUT2D eigenvalue weighted by atomic mass is 16.1. The van der Waals surface area contributed by atoms with Gasteiger partial charge < -0.3 is 16.3 Å². The van der Waals surface area contributed by atoms with Crippen molar-refractivity contribution in [1.82, 2.24) is 15.0 Å². The molecule has 0 aromatic carbocycles. The standard InChI is InChI=1S/C7H11N5O/c1-7(2,3-13)4-10-5(8)12-6(9)11-4/h3H,1-2H3,(H4,8,9,10,11,12). The van der Waals surface area contributed by atoms with Gasteiger partial charge in [-0.05, 0) is 13.8 Å². The first-order valence-corrected chi connectivity index (χ1v) is 3.69. The van der Waals surface area contributed by atoms with Gasteiger partial charge >= 0.3 is 0 Å². The van der Waals surface area contributed by atoms with Crippen LogP contribution in [-0.2, 0) is 10.2 Å². The third-order valence-corrected chi connectivity index (χ3v) is 1.54. The Hall–Kier alpha value is -1.72. The van der Waals surface area contributed by atoms with Crippen LogP contribution in [-0.4, -0.2) is 21.2 Å². The molecule has 13 heavy (non-hydrogen) atoms. The third kappa shape index (κ3) is 1.90. The van der Waals surface area contributed by atoms with Gasteiger partial charge in [-0.25, -0.2) is 0 Å². The van der Waals surface area contributed by atoms with Crippen molar-refractivity contribution < 1.29 is 4.79 Å². The predicted molar refractivity (Wildman–Crippen MR) is 47.7 cm³/mol. The summed E-state index contributed by atoms with van der Waals surface area (Å²) < 4.78 is 0. The molecule has 0 atom stereocenters. The van der Waals surface area contributed by atoms with Crippen LogP contribution in [0.4, 0.5) is 11.9 Å². The normalized spacial score (nSPS) is 11.2. The molecular weight excluding hydrogens is 170 g/mol. The maximum Gasteiger partial charge on any atom is 0.225 e. The number of nitrogens with zero attached hydrogens (tertiary/aromatic N) is 3. The van der Waals surface area contributed by atoms with Crippen molar-refractivity contribution in [3.05, 3.63) is 5.82 Å². The minimum atomic E-state index is -0.787. The van der Waals surface area contributed by atoms with E-state index in [9.17, 15) is 4.79 Å². The van der Waals surface area contributed by atoms with Crippen LogP contribution in [0.2, 0.25) is 0 Å². The van der Waals surface area contributed by atoms with E-state index in [1.54, 1.807) is 13.8 Å². The molecule has 0 fully saturated rings. The largest absolute Gasteiger partial charge is 0.368 e. The fourth-order valence-electron chi connectivity index (χ4n) is 0.750. The summed E-state index contributed by atoms with van der Waals surface area (Å²) in [6, 6.07) is 0. The molecule has 70 valence electrons. The van der Waals surface area contributed by atoms with Gasteiger partial charge in [0.1, 0.15) is 12.1 Å². The van der Waals surface area contributed by atoms with Crippen molar-refractivity contribution in [1.29, 1.82) is 0 Å². The number of nitrogen functional groups attached to an aromatic ring is 2. The lowest BCUT2D eigenvalue weighted by Gasteiger charge is -2.14. The fourth-order valence-corrected chi connectivity index (χ4v) is 0.750. The summed E-state index contributed by atoms with van der Waals surface area (Å²) in [5, 5.41) is 0. The Balaban J connectivity index is 3.22. The van der Waals surface area contributed by atoms with Gasteiger partial charge in [-0.1, -0.05) is 0 Å². The number of aromatic nitrogens is 3. The third-order valence-electron chi connectivity index (χ3n) is 1.54. The summed E-state index contributed by atoms with van der Waals surface area (Å²) in [4.78, 5) is 21.9. The van der Waals surface area contributed by atoms with Crippen LogP contribution >= 0.6 is 0 Å². The highest BCUT2D eigenvalue weighted by Crippen LogP contribution is 2.16. The molecule has 0 aliphatic heterocycles. The molecular formula is C7H11N5O. The molecule has 0 saturated heterocycles. The van der Waals surface area contributed by atoms with E-state index in [-0.39, 0.29) is 17.7 Å². The molecule has 0 radical (unpaired) electrons. The highest BCUT2D eigenvalue weighted by Gasteiger charge is 2.24. The van der Waals surface area contributed by atoms with Gasteiger partial charge in [-0.3, -0.25) is 0 Å². The second kappa shape index (κ2) is 2.96. The zero-order valence-electron chi connectivity index (χ0n) is 7.48. The van der Waals surface area contributed by atoms with Gasteiger partial charge in [0.25, 0.3) is 0 Å². The molecule has 0 unspecified atom stereocenters. The quantitative estimate of drug-likeness (QED) is 0.596. The smallest absolute Gasteiger partial charge is 0.225 e. The number of anilines is 2. The van der Waals surface area contributed by atoms with Crippen LogP contribution in [0.15, 0.2) is 0 Å². The molecule has 1 aromatic rings. The molecule has 6 nitrogen and oxygen atoms in total. The number of nitrogens with two attached hydrogens (primary N) is 2. The summed E-state index contributed by atoms with van der Waals surface area (Å²) in [6.07, 6.45) is 0.737. The topological polar surface area (TPSA) is 108 Å². The monoisotopic (exact) mass is 181 g/mol. The molecule has 0 spiro atoms. The molecule has 1 rings (SSSR count). The second-order valence-electron chi connectivity index (χ2n) is 3.21. The van der Waals surface area contributed by atoms with Crippen molar-refractivity contribution in [2.75, 3.05) is 11.5 Å².